The highest BCUT2D eigenvalue weighted by Crippen LogP contribution is 2.46. The topological polar surface area (TPSA) is 199 Å². The fourth-order valence-corrected chi connectivity index (χ4v) is 9.13. The molecule has 3 N–H and O–H groups in total. The molecule has 1 saturated heterocycles. The summed E-state index contributed by atoms with van der Waals surface area (Å²) in [5.41, 5.74) is -0.360. The van der Waals surface area contributed by atoms with Gasteiger partial charge in [0.1, 0.15) is 46.1 Å². The van der Waals surface area contributed by atoms with Crippen LogP contribution < -0.4 is 20.1 Å². The molecule has 15 nitrogen and oxygen atoms in total. The second kappa shape index (κ2) is 14.8. The molecule has 302 valence electrons. The van der Waals surface area contributed by atoms with Crippen molar-refractivity contribution in [3.8, 4) is 17.2 Å². The van der Waals surface area contributed by atoms with Gasteiger partial charge in [-0.2, -0.15) is 0 Å². The van der Waals surface area contributed by atoms with Gasteiger partial charge in [-0.15, -0.1) is 0 Å². The van der Waals surface area contributed by atoms with Crippen LogP contribution in [0.5, 0.6) is 5.75 Å². The van der Waals surface area contributed by atoms with Crippen LogP contribution in [0.2, 0.25) is 0 Å². The highest BCUT2D eigenvalue weighted by Gasteiger charge is 2.62. The fourth-order valence-electron chi connectivity index (χ4n) is 7.77. The Kier molecular flexibility index (Phi) is 10.0. The quantitative estimate of drug-likeness (QED) is 0.200. The van der Waals surface area contributed by atoms with Crippen molar-refractivity contribution in [2.45, 2.75) is 113 Å². The molecule has 2 aliphatic carbocycles. The molecule has 4 aliphatic rings. The SMILES string of the molecule is CC(C)(C)OC(=O)N[C@H]1CCCCC/C=C\[C@H]2C[C@@]2(C(=O)NS(=O)(=O)C2CC2)NC(=O)[C@@H]2C[C@@H](Oc3cc(-c4ccco4)nc4c3oc3ccccc34)CN2C1=O. The Morgan fingerprint density at radius 1 is 1.05 bits per heavy atom. The number of amides is 4. The van der Waals surface area contributed by atoms with Crippen molar-refractivity contribution in [3.63, 3.8) is 0 Å². The van der Waals surface area contributed by atoms with Gasteiger partial charge in [0.15, 0.2) is 17.1 Å². The highest BCUT2D eigenvalue weighted by atomic mass is 32.2. The Morgan fingerprint density at radius 3 is 2.61 bits per heavy atom. The second-order valence-corrected chi connectivity index (χ2v) is 18.4. The molecule has 0 unspecified atom stereocenters. The van der Waals surface area contributed by atoms with E-state index >= 15 is 0 Å². The average Bonchev–Trinajstić information content (AvgIpc) is 3.94. The molecule has 1 aromatic carbocycles. The van der Waals surface area contributed by atoms with Crippen LogP contribution in [0.1, 0.15) is 78.6 Å². The molecule has 2 saturated carbocycles. The van der Waals surface area contributed by atoms with E-state index in [1.807, 2.05) is 36.4 Å². The number of allylic oxidation sites excluding steroid dienone is 1. The summed E-state index contributed by atoms with van der Waals surface area (Å²) in [7, 11) is -3.91. The summed E-state index contributed by atoms with van der Waals surface area (Å²) in [6.45, 7) is 5.12. The van der Waals surface area contributed by atoms with Crippen LogP contribution in [0.25, 0.3) is 33.5 Å². The molecule has 0 radical (unpaired) electrons. The number of para-hydroxylation sites is 1. The van der Waals surface area contributed by atoms with E-state index in [2.05, 4.69) is 15.4 Å². The zero-order chi connectivity index (χ0) is 40.1. The Hall–Kier alpha value is -5.38. The Labute approximate surface area is 329 Å². The summed E-state index contributed by atoms with van der Waals surface area (Å²) in [5, 5.41) is 5.76. The van der Waals surface area contributed by atoms with Gasteiger partial charge >= 0.3 is 6.09 Å². The van der Waals surface area contributed by atoms with E-state index in [0.29, 0.717) is 66.0 Å². The van der Waals surface area contributed by atoms with Crippen LogP contribution in [-0.4, -0.2) is 83.2 Å². The van der Waals surface area contributed by atoms with Gasteiger partial charge in [-0.1, -0.05) is 37.1 Å². The van der Waals surface area contributed by atoms with Crippen molar-refractivity contribution in [1.29, 1.82) is 0 Å². The summed E-state index contributed by atoms with van der Waals surface area (Å²) in [6.07, 6.45) is 8.06. The largest absolute Gasteiger partial charge is 0.484 e. The maximum atomic E-state index is 14.6. The number of nitrogens with one attached hydrogen (secondary N) is 3. The molecular weight excluding hydrogens is 755 g/mol. The number of carbonyl (C=O) groups excluding carboxylic acids is 4. The number of hydrogen-bond acceptors (Lipinski definition) is 11. The van der Waals surface area contributed by atoms with E-state index in [0.717, 1.165) is 18.2 Å². The van der Waals surface area contributed by atoms with Crippen molar-refractivity contribution < 1.29 is 45.9 Å². The lowest BCUT2D eigenvalue weighted by atomic mass is 10.0. The molecule has 57 heavy (non-hydrogen) atoms. The van der Waals surface area contributed by atoms with Crippen LogP contribution in [0.3, 0.4) is 0 Å². The van der Waals surface area contributed by atoms with Crippen molar-refractivity contribution >= 4 is 55.9 Å². The van der Waals surface area contributed by atoms with Crippen molar-refractivity contribution in [2.24, 2.45) is 5.92 Å². The number of furan rings is 2. The molecule has 3 aromatic heterocycles. The van der Waals surface area contributed by atoms with Gasteiger partial charge in [-0.05, 0) is 83.6 Å². The lowest BCUT2D eigenvalue weighted by molar-refractivity contribution is -0.141. The van der Waals surface area contributed by atoms with Gasteiger partial charge in [0, 0.05) is 23.8 Å². The Morgan fingerprint density at radius 2 is 1.86 bits per heavy atom. The highest BCUT2D eigenvalue weighted by molar-refractivity contribution is 7.91. The van der Waals surface area contributed by atoms with Gasteiger partial charge < -0.3 is 33.8 Å². The Bertz CT molecular complexity index is 2350. The summed E-state index contributed by atoms with van der Waals surface area (Å²) in [5.74, 6) is -1.59. The predicted molar refractivity (Wildman–Crippen MR) is 208 cm³/mol. The molecule has 5 atom stereocenters. The molecule has 0 spiro atoms. The third-order valence-electron chi connectivity index (χ3n) is 10.9. The molecule has 2 aliphatic heterocycles. The Balaban J connectivity index is 1.14. The number of pyridine rings is 1. The molecule has 0 bridgehead atoms. The van der Waals surface area contributed by atoms with E-state index in [4.69, 9.17) is 23.3 Å². The molecule has 16 heteroatoms. The van der Waals surface area contributed by atoms with Crippen LogP contribution in [0, 0.1) is 5.92 Å². The van der Waals surface area contributed by atoms with Crippen molar-refractivity contribution in [1.82, 2.24) is 25.2 Å². The first kappa shape index (κ1) is 38.5. The summed E-state index contributed by atoms with van der Waals surface area (Å²) < 4.78 is 52.1. The van der Waals surface area contributed by atoms with Crippen LogP contribution >= 0.6 is 0 Å². The monoisotopic (exact) mass is 801 g/mol. The smallest absolute Gasteiger partial charge is 0.408 e. The summed E-state index contributed by atoms with van der Waals surface area (Å²) in [6, 6.07) is 10.5. The number of ether oxygens (including phenoxy) is 2. The third-order valence-corrected chi connectivity index (χ3v) is 12.7. The normalized spacial score (nSPS) is 26.4. The van der Waals surface area contributed by atoms with E-state index in [9.17, 15) is 27.6 Å². The molecule has 5 heterocycles. The fraction of sp³-hybridized carbons (Fsp3) is 0.488. The van der Waals surface area contributed by atoms with Gasteiger partial charge in [0.05, 0.1) is 18.1 Å². The average molecular weight is 802 g/mol. The summed E-state index contributed by atoms with van der Waals surface area (Å²) in [4.78, 5) is 62.2. The number of benzene rings is 1. The van der Waals surface area contributed by atoms with Gasteiger partial charge in [0.2, 0.25) is 21.8 Å². The first-order chi connectivity index (χ1) is 27.2. The van der Waals surface area contributed by atoms with E-state index in [1.165, 1.54) is 11.2 Å². The van der Waals surface area contributed by atoms with E-state index < -0.39 is 74.3 Å². The standard InChI is InChI=1S/C41H47N5O10S/c1-40(2,3)56-39(50)43-28-14-8-6-4-5-7-12-24-22-41(24,38(49)45-57(51,52)26-17-18-26)44-36(47)30-20-25(23-46(30)37(28)48)54-33-21-29(32-16-11-19-53-32)42-34-27-13-9-10-15-31(27)55-35(33)34/h7,9-13,15-16,19,21,24-26,28,30H,4-6,8,14,17-18,20,22-23H2,1-3H3,(H,43,50)(H,44,47)(H,45,49)/b12-7-/t24-,25+,28-,30-,41+/m0/s1. The molecule has 4 amide bonds. The zero-order valence-electron chi connectivity index (χ0n) is 32.1. The maximum Gasteiger partial charge on any atom is 0.408 e. The number of alkyl carbamates (subject to hydrolysis) is 1. The van der Waals surface area contributed by atoms with Crippen LogP contribution in [0.4, 0.5) is 4.79 Å². The number of nitrogens with zero attached hydrogens (tertiary/aromatic N) is 2. The molecule has 4 aromatic rings. The summed E-state index contributed by atoms with van der Waals surface area (Å²) >= 11 is 0. The first-order valence-corrected chi connectivity index (χ1v) is 21.1. The number of rotatable bonds is 7. The van der Waals surface area contributed by atoms with Gasteiger partial charge in [-0.25, -0.2) is 18.2 Å². The van der Waals surface area contributed by atoms with Crippen molar-refractivity contribution in [3.05, 3.63) is 60.9 Å². The van der Waals surface area contributed by atoms with Crippen LogP contribution in [-0.2, 0) is 29.1 Å². The molecular formula is C41H47N5O10S. The number of aromatic nitrogens is 1. The minimum Gasteiger partial charge on any atom is -0.484 e. The minimum atomic E-state index is -3.91. The second-order valence-electron chi connectivity index (χ2n) is 16.5. The number of hydrogen-bond donors (Lipinski definition) is 3. The lowest BCUT2D eigenvalue weighted by Gasteiger charge is -2.30. The lowest BCUT2D eigenvalue weighted by Crippen LogP contribution is -2.58. The number of sulfonamides is 1. The first-order valence-electron chi connectivity index (χ1n) is 19.6. The maximum absolute atomic E-state index is 14.6. The minimum absolute atomic E-state index is 0.00936. The zero-order valence-corrected chi connectivity index (χ0v) is 32.9. The van der Waals surface area contributed by atoms with Crippen LogP contribution in [0.15, 0.2) is 69.7 Å². The number of carbonyl (C=O) groups is 4. The third kappa shape index (κ3) is 8.09. The van der Waals surface area contributed by atoms with E-state index in [1.54, 1.807) is 39.0 Å². The number of fused-ring (bicyclic) bond motifs is 5. The molecule has 3 fully saturated rings. The van der Waals surface area contributed by atoms with Gasteiger partial charge in [-0.3, -0.25) is 19.1 Å². The van der Waals surface area contributed by atoms with Crippen molar-refractivity contribution in [2.75, 3.05) is 6.54 Å². The van der Waals surface area contributed by atoms with Gasteiger partial charge in [0.25, 0.3) is 5.91 Å². The predicted octanol–water partition coefficient (Wildman–Crippen LogP) is 5.49. The molecule has 8 rings (SSSR count). The van der Waals surface area contributed by atoms with E-state index in [-0.39, 0.29) is 19.4 Å².